The fraction of sp³-hybridized carbons (Fsp3) is 0.714. The van der Waals surface area contributed by atoms with Crippen LogP contribution in [0.25, 0.3) is 0 Å². The largest absolute Gasteiger partial charge is 0.396 e. The van der Waals surface area contributed by atoms with Crippen molar-refractivity contribution in [2.75, 3.05) is 13.2 Å². The Morgan fingerprint density at radius 3 is 3.08 bits per heavy atom. The average molecular weight is 187 g/mol. The SMILES string of the molecule is OCCCCNCc1csnn1. The fourth-order valence-corrected chi connectivity index (χ4v) is 1.29. The van der Waals surface area contributed by atoms with Crippen LogP contribution in [0.5, 0.6) is 0 Å². The van der Waals surface area contributed by atoms with Gasteiger partial charge < -0.3 is 10.4 Å². The summed E-state index contributed by atoms with van der Waals surface area (Å²) < 4.78 is 3.75. The number of aliphatic hydroxyl groups excluding tert-OH is 1. The van der Waals surface area contributed by atoms with Crippen molar-refractivity contribution in [3.8, 4) is 0 Å². The summed E-state index contributed by atoms with van der Waals surface area (Å²) in [5.74, 6) is 0. The van der Waals surface area contributed by atoms with Crippen LogP contribution in [0, 0.1) is 0 Å². The highest BCUT2D eigenvalue weighted by Gasteiger charge is 1.93. The highest BCUT2D eigenvalue weighted by atomic mass is 32.1. The van der Waals surface area contributed by atoms with Crippen molar-refractivity contribution in [1.29, 1.82) is 0 Å². The first kappa shape index (κ1) is 9.57. The molecule has 12 heavy (non-hydrogen) atoms. The van der Waals surface area contributed by atoms with E-state index in [4.69, 9.17) is 5.11 Å². The molecule has 0 aliphatic carbocycles. The zero-order chi connectivity index (χ0) is 8.65. The zero-order valence-electron chi connectivity index (χ0n) is 6.86. The maximum atomic E-state index is 8.50. The van der Waals surface area contributed by atoms with E-state index in [2.05, 4.69) is 14.9 Å². The van der Waals surface area contributed by atoms with E-state index in [-0.39, 0.29) is 6.61 Å². The Kier molecular flexibility index (Phi) is 4.82. The van der Waals surface area contributed by atoms with Crippen LogP contribution < -0.4 is 5.32 Å². The van der Waals surface area contributed by atoms with Crippen LogP contribution in [0.3, 0.4) is 0 Å². The summed E-state index contributed by atoms with van der Waals surface area (Å²) in [6.45, 7) is 1.99. The summed E-state index contributed by atoms with van der Waals surface area (Å²) in [6, 6.07) is 0. The third-order valence-electron chi connectivity index (χ3n) is 1.47. The molecule has 0 aromatic carbocycles. The molecular formula is C7H13N3OS. The summed E-state index contributed by atoms with van der Waals surface area (Å²) in [5.41, 5.74) is 0.990. The highest BCUT2D eigenvalue weighted by Crippen LogP contribution is 1.95. The van der Waals surface area contributed by atoms with Gasteiger partial charge in [-0.15, -0.1) is 5.10 Å². The van der Waals surface area contributed by atoms with Gasteiger partial charge in [0, 0.05) is 18.5 Å². The zero-order valence-corrected chi connectivity index (χ0v) is 7.68. The summed E-state index contributed by atoms with van der Waals surface area (Å²) >= 11 is 1.37. The number of nitrogens with zero attached hydrogens (tertiary/aromatic N) is 2. The minimum absolute atomic E-state index is 0.278. The number of nitrogens with one attached hydrogen (secondary N) is 1. The van der Waals surface area contributed by atoms with Gasteiger partial charge in [0.2, 0.25) is 0 Å². The first-order chi connectivity index (χ1) is 5.93. The minimum Gasteiger partial charge on any atom is -0.396 e. The maximum absolute atomic E-state index is 8.50. The van der Waals surface area contributed by atoms with E-state index in [1.165, 1.54) is 11.5 Å². The first-order valence-corrected chi connectivity index (χ1v) is 4.84. The summed E-state index contributed by atoms with van der Waals surface area (Å²) in [6.07, 6.45) is 1.87. The molecule has 0 atom stereocenters. The van der Waals surface area contributed by atoms with Crippen LogP contribution in [0.1, 0.15) is 18.5 Å². The number of hydrogen-bond donors (Lipinski definition) is 2. The lowest BCUT2D eigenvalue weighted by molar-refractivity contribution is 0.283. The third kappa shape index (κ3) is 3.75. The van der Waals surface area contributed by atoms with Gasteiger partial charge in [0.05, 0.1) is 5.69 Å². The predicted octanol–water partition coefficient (Wildman–Crippen LogP) is 0.400. The lowest BCUT2D eigenvalue weighted by Crippen LogP contribution is -2.15. The van der Waals surface area contributed by atoms with E-state index in [1.54, 1.807) is 0 Å². The van der Waals surface area contributed by atoms with Gasteiger partial charge in [-0.25, -0.2) is 0 Å². The van der Waals surface area contributed by atoms with Gasteiger partial charge in [0.25, 0.3) is 0 Å². The Morgan fingerprint density at radius 2 is 2.42 bits per heavy atom. The van der Waals surface area contributed by atoms with Crippen molar-refractivity contribution in [1.82, 2.24) is 14.9 Å². The van der Waals surface area contributed by atoms with E-state index in [1.807, 2.05) is 5.38 Å². The second-order valence-corrected chi connectivity index (χ2v) is 3.11. The monoisotopic (exact) mass is 187 g/mol. The number of aliphatic hydroxyl groups is 1. The molecule has 1 aromatic rings. The third-order valence-corrected chi connectivity index (χ3v) is 2.03. The molecule has 0 fully saturated rings. The molecule has 1 aromatic heterocycles. The second kappa shape index (κ2) is 6.05. The van der Waals surface area contributed by atoms with Crippen LogP contribution in [0.15, 0.2) is 5.38 Å². The predicted molar refractivity (Wildman–Crippen MR) is 47.9 cm³/mol. The molecule has 0 spiro atoms. The Labute approximate surface area is 75.8 Å². The normalized spacial score (nSPS) is 10.4. The Balaban J connectivity index is 1.96. The summed E-state index contributed by atoms with van der Waals surface area (Å²) in [5, 5.41) is 17.5. The number of rotatable bonds is 6. The van der Waals surface area contributed by atoms with Crippen molar-refractivity contribution in [3.63, 3.8) is 0 Å². The molecule has 1 heterocycles. The molecule has 2 N–H and O–H groups in total. The van der Waals surface area contributed by atoms with E-state index in [9.17, 15) is 0 Å². The standard InChI is InChI=1S/C7H13N3OS/c11-4-2-1-3-8-5-7-6-12-10-9-7/h6,8,11H,1-5H2. The van der Waals surface area contributed by atoms with E-state index >= 15 is 0 Å². The van der Waals surface area contributed by atoms with Gasteiger partial charge >= 0.3 is 0 Å². The van der Waals surface area contributed by atoms with Gasteiger partial charge in [-0.3, -0.25) is 0 Å². The van der Waals surface area contributed by atoms with Crippen LogP contribution >= 0.6 is 11.5 Å². The highest BCUT2D eigenvalue weighted by molar-refractivity contribution is 7.03. The van der Waals surface area contributed by atoms with Crippen LogP contribution in [0.2, 0.25) is 0 Å². The number of hydrogen-bond acceptors (Lipinski definition) is 5. The minimum atomic E-state index is 0.278. The Hall–Kier alpha value is -0.520. The molecule has 0 bridgehead atoms. The van der Waals surface area contributed by atoms with Crippen molar-refractivity contribution >= 4 is 11.5 Å². The van der Waals surface area contributed by atoms with Gasteiger partial charge in [0.15, 0.2) is 0 Å². The number of unbranched alkanes of at least 4 members (excludes halogenated alkanes) is 1. The topological polar surface area (TPSA) is 58.0 Å². The Morgan fingerprint density at radius 1 is 1.50 bits per heavy atom. The molecule has 1 rings (SSSR count). The van der Waals surface area contributed by atoms with Crippen LogP contribution in [-0.2, 0) is 6.54 Å². The van der Waals surface area contributed by atoms with Crippen molar-refractivity contribution in [2.45, 2.75) is 19.4 Å². The van der Waals surface area contributed by atoms with Gasteiger partial charge in [-0.2, -0.15) is 0 Å². The quantitative estimate of drug-likeness (QED) is 0.633. The van der Waals surface area contributed by atoms with Crippen molar-refractivity contribution in [3.05, 3.63) is 11.1 Å². The molecular weight excluding hydrogens is 174 g/mol. The lowest BCUT2D eigenvalue weighted by atomic mass is 10.3. The van der Waals surface area contributed by atoms with Gasteiger partial charge in [-0.1, -0.05) is 4.49 Å². The molecule has 0 unspecified atom stereocenters. The van der Waals surface area contributed by atoms with Crippen LogP contribution in [0.4, 0.5) is 0 Å². The molecule has 0 aliphatic heterocycles. The summed E-state index contributed by atoms with van der Waals surface area (Å²) in [7, 11) is 0. The molecule has 0 radical (unpaired) electrons. The van der Waals surface area contributed by atoms with E-state index in [0.29, 0.717) is 0 Å². The maximum Gasteiger partial charge on any atom is 0.0893 e. The average Bonchev–Trinajstić information content (AvgIpc) is 2.57. The van der Waals surface area contributed by atoms with Crippen molar-refractivity contribution < 1.29 is 5.11 Å². The van der Waals surface area contributed by atoms with Crippen molar-refractivity contribution in [2.24, 2.45) is 0 Å². The molecule has 0 aliphatic rings. The lowest BCUT2D eigenvalue weighted by Gasteiger charge is -1.99. The molecule has 5 heteroatoms. The van der Waals surface area contributed by atoms with Gasteiger partial charge in [-0.05, 0) is 30.9 Å². The molecule has 0 saturated carbocycles. The molecule has 4 nitrogen and oxygen atoms in total. The number of aromatic nitrogens is 2. The molecule has 68 valence electrons. The fourth-order valence-electron chi connectivity index (χ4n) is 0.839. The first-order valence-electron chi connectivity index (χ1n) is 4.01. The van der Waals surface area contributed by atoms with E-state index < -0.39 is 0 Å². The molecule has 0 amide bonds. The smallest absolute Gasteiger partial charge is 0.0893 e. The summed E-state index contributed by atoms with van der Waals surface area (Å²) in [4.78, 5) is 0. The molecule has 0 saturated heterocycles. The second-order valence-electron chi connectivity index (χ2n) is 2.50. The van der Waals surface area contributed by atoms with E-state index in [0.717, 1.165) is 31.6 Å². The van der Waals surface area contributed by atoms with Gasteiger partial charge in [0.1, 0.15) is 0 Å². The Bertz CT molecular complexity index is 191. The van der Waals surface area contributed by atoms with Crippen LogP contribution in [-0.4, -0.2) is 27.8 Å².